The molecule has 0 radical (unpaired) electrons. The van der Waals surface area contributed by atoms with E-state index in [-0.39, 0.29) is 0 Å². The van der Waals surface area contributed by atoms with E-state index in [0.717, 1.165) is 17.9 Å². The van der Waals surface area contributed by atoms with Gasteiger partial charge in [0.25, 0.3) is 0 Å². The second-order valence-corrected chi connectivity index (χ2v) is 7.19. The highest BCUT2D eigenvalue weighted by Crippen LogP contribution is 2.43. The maximum Gasteiger partial charge on any atom is 0.0648 e. The summed E-state index contributed by atoms with van der Waals surface area (Å²) in [4.78, 5) is 0.461. The SMILES string of the molecule is CC1CSC2(CCCC(C(C)C)CC2)N1. The fourth-order valence-corrected chi connectivity index (χ4v) is 4.60. The van der Waals surface area contributed by atoms with Crippen LogP contribution in [0.2, 0.25) is 0 Å². The number of rotatable bonds is 1. The number of nitrogens with one attached hydrogen (secondary N) is 1. The van der Waals surface area contributed by atoms with Gasteiger partial charge in [-0.1, -0.05) is 26.7 Å². The van der Waals surface area contributed by atoms with Gasteiger partial charge in [0.05, 0.1) is 4.87 Å². The van der Waals surface area contributed by atoms with Gasteiger partial charge in [-0.15, -0.1) is 11.8 Å². The van der Waals surface area contributed by atoms with Crippen molar-refractivity contribution in [1.29, 1.82) is 0 Å². The molecule has 1 spiro atoms. The van der Waals surface area contributed by atoms with Crippen LogP contribution < -0.4 is 5.32 Å². The van der Waals surface area contributed by atoms with Gasteiger partial charge < -0.3 is 0 Å². The van der Waals surface area contributed by atoms with Crippen LogP contribution in [-0.4, -0.2) is 16.7 Å². The molecule has 1 heterocycles. The van der Waals surface area contributed by atoms with Gasteiger partial charge in [-0.2, -0.15) is 0 Å². The van der Waals surface area contributed by atoms with E-state index in [1.165, 1.54) is 37.9 Å². The molecule has 0 amide bonds. The maximum atomic E-state index is 3.83. The van der Waals surface area contributed by atoms with E-state index in [9.17, 15) is 0 Å². The van der Waals surface area contributed by atoms with E-state index in [1.807, 2.05) is 0 Å². The third kappa shape index (κ3) is 2.71. The summed E-state index contributed by atoms with van der Waals surface area (Å²) in [6, 6.07) is 0.727. The number of hydrogen-bond donors (Lipinski definition) is 1. The van der Waals surface area contributed by atoms with Crippen molar-refractivity contribution in [3.8, 4) is 0 Å². The molecular formula is C13H25NS. The van der Waals surface area contributed by atoms with Crippen molar-refractivity contribution >= 4 is 11.8 Å². The average Bonchev–Trinajstić information content (AvgIpc) is 2.43. The van der Waals surface area contributed by atoms with Crippen molar-refractivity contribution < 1.29 is 0 Å². The molecule has 3 atom stereocenters. The molecule has 88 valence electrons. The van der Waals surface area contributed by atoms with Crippen LogP contribution in [0.1, 0.15) is 52.9 Å². The van der Waals surface area contributed by atoms with Crippen LogP contribution in [0.15, 0.2) is 0 Å². The van der Waals surface area contributed by atoms with E-state index >= 15 is 0 Å². The van der Waals surface area contributed by atoms with E-state index in [4.69, 9.17) is 0 Å². The van der Waals surface area contributed by atoms with Gasteiger partial charge >= 0.3 is 0 Å². The van der Waals surface area contributed by atoms with Crippen molar-refractivity contribution in [2.24, 2.45) is 11.8 Å². The van der Waals surface area contributed by atoms with Crippen molar-refractivity contribution in [2.45, 2.75) is 63.8 Å². The van der Waals surface area contributed by atoms with E-state index in [0.29, 0.717) is 4.87 Å². The van der Waals surface area contributed by atoms with Crippen molar-refractivity contribution in [3.63, 3.8) is 0 Å². The van der Waals surface area contributed by atoms with Crippen LogP contribution in [0.4, 0.5) is 0 Å². The zero-order chi connectivity index (χ0) is 10.9. The van der Waals surface area contributed by atoms with Gasteiger partial charge in [0.2, 0.25) is 0 Å². The van der Waals surface area contributed by atoms with Crippen LogP contribution in [0.5, 0.6) is 0 Å². The van der Waals surface area contributed by atoms with Crippen LogP contribution in [0.3, 0.4) is 0 Å². The summed E-state index contributed by atoms with van der Waals surface area (Å²) in [5.74, 6) is 3.17. The summed E-state index contributed by atoms with van der Waals surface area (Å²) < 4.78 is 0. The highest BCUT2D eigenvalue weighted by Gasteiger charge is 2.39. The largest absolute Gasteiger partial charge is 0.299 e. The van der Waals surface area contributed by atoms with Gasteiger partial charge in [-0.25, -0.2) is 0 Å². The summed E-state index contributed by atoms with van der Waals surface area (Å²) in [5, 5.41) is 3.83. The number of thioether (sulfide) groups is 1. The third-order valence-electron chi connectivity index (χ3n) is 4.14. The Balaban J connectivity index is 1.95. The first-order chi connectivity index (χ1) is 7.11. The number of hydrogen-bond acceptors (Lipinski definition) is 2. The quantitative estimate of drug-likeness (QED) is 0.734. The minimum atomic E-state index is 0.461. The Kier molecular flexibility index (Phi) is 3.67. The molecule has 2 aliphatic rings. The summed E-state index contributed by atoms with van der Waals surface area (Å²) >= 11 is 2.19. The lowest BCUT2D eigenvalue weighted by atomic mass is 9.89. The monoisotopic (exact) mass is 227 g/mol. The van der Waals surface area contributed by atoms with Gasteiger partial charge in [-0.05, 0) is 38.0 Å². The molecule has 2 rings (SSSR count). The van der Waals surface area contributed by atoms with Crippen molar-refractivity contribution in [2.75, 3.05) is 5.75 Å². The van der Waals surface area contributed by atoms with Crippen LogP contribution in [0.25, 0.3) is 0 Å². The Morgan fingerprint density at radius 3 is 2.67 bits per heavy atom. The zero-order valence-electron chi connectivity index (χ0n) is 10.4. The minimum absolute atomic E-state index is 0.461. The molecule has 0 aromatic carbocycles. The molecule has 1 saturated heterocycles. The van der Waals surface area contributed by atoms with Crippen molar-refractivity contribution in [3.05, 3.63) is 0 Å². The second-order valence-electron chi connectivity index (χ2n) is 5.79. The summed E-state index contributed by atoms with van der Waals surface area (Å²) in [5.41, 5.74) is 0. The third-order valence-corrected chi connectivity index (χ3v) is 5.88. The predicted octanol–water partition coefficient (Wildman–Crippen LogP) is 3.64. The molecule has 0 aromatic rings. The molecule has 1 nitrogen and oxygen atoms in total. The molecule has 1 N–H and O–H groups in total. The lowest BCUT2D eigenvalue weighted by Gasteiger charge is -2.28. The fraction of sp³-hybridized carbons (Fsp3) is 1.00. The topological polar surface area (TPSA) is 12.0 Å². The maximum absolute atomic E-state index is 3.83. The van der Waals surface area contributed by atoms with Gasteiger partial charge in [0, 0.05) is 11.8 Å². The molecule has 2 heteroatoms. The Hall–Kier alpha value is 0.310. The van der Waals surface area contributed by atoms with Crippen LogP contribution in [0, 0.1) is 11.8 Å². The van der Waals surface area contributed by atoms with Crippen molar-refractivity contribution in [1.82, 2.24) is 5.32 Å². The summed E-state index contributed by atoms with van der Waals surface area (Å²) in [6.45, 7) is 7.10. The van der Waals surface area contributed by atoms with E-state index < -0.39 is 0 Å². The zero-order valence-corrected chi connectivity index (χ0v) is 11.2. The second kappa shape index (κ2) is 4.67. The Morgan fingerprint density at radius 2 is 2.07 bits per heavy atom. The molecule has 1 aliphatic heterocycles. The molecule has 1 saturated carbocycles. The normalized spacial score (nSPS) is 42.4. The highest BCUT2D eigenvalue weighted by molar-refractivity contribution is 8.00. The van der Waals surface area contributed by atoms with E-state index in [1.54, 1.807) is 0 Å². The first-order valence-electron chi connectivity index (χ1n) is 6.53. The van der Waals surface area contributed by atoms with E-state index in [2.05, 4.69) is 37.8 Å². The standard InChI is InChI=1S/C13H25NS/c1-10(2)12-5-4-7-13(8-6-12)14-11(3)9-15-13/h10-12,14H,4-9H2,1-3H3. The Morgan fingerprint density at radius 1 is 1.27 bits per heavy atom. The van der Waals surface area contributed by atoms with Gasteiger partial charge in [0.15, 0.2) is 0 Å². The van der Waals surface area contributed by atoms with Crippen LogP contribution >= 0.6 is 11.8 Å². The van der Waals surface area contributed by atoms with Crippen LogP contribution in [-0.2, 0) is 0 Å². The molecule has 2 fully saturated rings. The molecule has 15 heavy (non-hydrogen) atoms. The first kappa shape index (κ1) is 11.8. The lowest BCUT2D eigenvalue weighted by Crippen LogP contribution is -2.40. The van der Waals surface area contributed by atoms with Gasteiger partial charge in [-0.3, -0.25) is 5.32 Å². The Labute approximate surface area is 98.8 Å². The highest BCUT2D eigenvalue weighted by atomic mass is 32.2. The molecule has 0 aromatic heterocycles. The summed E-state index contributed by atoms with van der Waals surface area (Å²) in [7, 11) is 0. The molecule has 3 unspecified atom stereocenters. The lowest BCUT2D eigenvalue weighted by molar-refractivity contribution is 0.333. The fourth-order valence-electron chi connectivity index (χ4n) is 3.11. The molecule has 1 aliphatic carbocycles. The smallest absolute Gasteiger partial charge is 0.0648 e. The Bertz CT molecular complexity index is 217. The molecule has 0 bridgehead atoms. The average molecular weight is 227 g/mol. The van der Waals surface area contributed by atoms with Gasteiger partial charge in [0.1, 0.15) is 0 Å². The predicted molar refractivity (Wildman–Crippen MR) is 69.2 cm³/mol. The molecular weight excluding hydrogens is 202 g/mol. The first-order valence-corrected chi connectivity index (χ1v) is 7.51. The minimum Gasteiger partial charge on any atom is -0.299 e. The summed E-state index contributed by atoms with van der Waals surface area (Å²) in [6.07, 6.45) is 7.10.